The third-order valence-corrected chi connectivity index (χ3v) is 3.42. The zero-order valence-corrected chi connectivity index (χ0v) is 11.8. The van der Waals surface area contributed by atoms with Crippen molar-refractivity contribution in [2.45, 2.75) is 19.4 Å². The number of amides is 1. The van der Waals surface area contributed by atoms with Crippen LogP contribution >= 0.6 is 11.6 Å². The van der Waals surface area contributed by atoms with Gasteiger partial charge in [-0.2, -0.15) is 0 Å². The molecule has 1 aliphatic rings. The van der Waals surface area contributed by atoms with Gasteiger partial charge in [0.2, 0.25) is 0 Å². The van der Waals surface area contributed by atoms with E-state index < -0.39 is 12.1 Å². The lowest BCUT2D eigenvalue weighted by Crippen LogP contribution is -2.54. The Morgan fingerprint density at radius 1 is 1.50 bits per heavy atom. The van der Waals surface area contributed by atoms with Crippen molar-refractivity contribution in [3.8, 4) is 5.75 Å². The second kappa shape index (κ2) is 6.13. The van der Waals surface area contributed by atoms with E-state index >= 15 is 0 Å². The number of rotatable bonds is 5. The number of hydrogen-bond donors (Lipinski definition) is 1. The molecule has 6 heteroatoms. The van der Waals surface area contributed by atoms with Crippen LogP contribution in [0.25, 0.3) is 0 Å². The SMILES string of the molecule is CC(Oc1cccc(Cl)c1)C(=O)N1CC(CC(=O)O)C1. The van der Waals surface area contributed by atoms with Gasteiger partial charge in [-0.3, -0.25) is 9.59 Å². The monoisotopic (exact) mass is 297 g/mol. The maximum atomic E-state index is 12.1. The number of carboxylic acid groups (broad SMARTS) is 1. The minimum absolute atomic E-state index is 0.0508. The quantitative estimate of drug-likeness (QED) is 0.903. The average Bonchev–Trinajstić information content (AvgIpc) is 2.32. The highest BCUT2D eigenvalue weighted by atomic mass is 35.5. The molecule has 0 aliphatic carbocycles. The molecule has 0 aromatic heterocycles. The van der Waals surface area contributed by atoms with Crippen molar-refractivity contribution in [1.29, 1.82) is 0 Å². The third-order valence-electron chi connectivity index (χ3n) is 3.19. The summed E-state index contributed by atoms with van der Waals surface area (Å²) in [6.07, 6.45) is -0.507. The molecule has 1 saturated heterocycles. The number of ether oxygens (including phenoxy) is 1. The lowest BCUT2D eigenvalue weighted by atomic mass is 9.96. The smallest absolute Gasteiger partial charge is 0.303 e. The van der Waals surface area contributed by atoms with Gasteiger partial charge in [-0.25, -0.2) is 0 Å². The van der Waals surface area contributed by atoms with Crippen molar-refractivity contribution in [3.63, 3.8) is 0 Å². The zero-order valence-electron chi connectivity index (χ0n) is 11.1. The van der Waals surface area contributed by atoms with Gasteiger partial charge in [0.05, 0.1) is 6.42 Å². The lowest BCUT2D eigenvalue weighted by Gasteiger charge is -2.39. The number of hydrogen-bond acceptors (Lipinski definition) is 3. The average molecular weight is 298 g/mol. The van der Waals surface area contributed by atoms with Gasteiger partial charge in [-0.15, -0.1) is 0 Å². The van der Waals surface area contributed by atoms with Gasteiger partial charge in [0.25, 0.3) is 5.91 Å². The molecule has 1 N–H and O–H groups in total. The van der Waals surface area contributed by atoms with Gasteiger partial charge in [-0.05, 0) is 25.1 Å². The van der Waals surface area contributed by atoms with Crippen LogP contribution in [-0.4, -0.2) is 41.1 Å². The van der Waals surface area contributed by atoms with Gasteiger partial charge in [0.1, 0.15) is 5.75 Å². The Morgan fingerprint density at radius 3 is 2.80 bits per heavy atom. The number of carboxylic acids is 1. The van der Waals surface area contributed by atoms with Gasteiger partial charge >= 0.3 is 5.97 Å². The molecule has 108 valence electrons. The summed E-state index contributed by atoms with van der Waals surface area (Å²) in [7, 11) is 0. The molecule has 0 radical (unpaired) electrons. The summed E-state index contributed by atoms with van der Waals surface area (Å²) in [6, 6.07) is 6.86. The Morgan fingerprint density at radius 2 is 2.20 bits per heavy atom. The molecule has 1 atom stereocenters. The third kappa shape index (κ3) is 3.63. The molecule has 1 fully saturated rings. The first-order valence-corrected chi connectivity index (χ1v) is 6.76. The summed E-state index contributed by atoms with van der Waals surface area (Å²) in [6.45, 7) is 2.64. The highest BCUT2D eigenvalue weighted by Gasteiger charge is 2.34. The van der Waals surface area contributed by atoms with Crippen molar-refractivity contribution < 1.29 is 19.4 Å². The van der Waals surface area contributed by atoms with Crippen molar-refractivity contribution in [2.75, 3.05) is 13.1 Å². The van der Waals surface area contributed by atoms with E-state index in [0.717, 1.165) is 0 Å². The van der Waals surface area contributed by atoms with Crippen molar-refractivity contribution in [2.24, 2.45) is 5.92 Å². The van der Waals surface area contributed by atoms with E-state index in [4.69, 9.17) is 21.4 Å². The second-order valence-electron chi connectivity index (χ2n) is 4.92. The molecule has 5 nitrogen and oxygen atoms in total. The fourth-order valence-corrected chi connectivity index (χ4v) is 2.36. The number of halogens is 1. The molecular weight excluding hydrogens is 282 g/mol. The van der Waals surface area contributed by atoms with Crippen molar-refractivity contribution >= 4 is 23.5 Å². The minimum atomic E-state index is -0.828. The Kier molecular flexibility index (Phi) is 4.49. The van der Waals surface area contributed by atoms with Crippen LogP contribution in [-0.2, 0) is 9.59 Å². The number of carbonyl (C=O) groups excluding carboxylic acids is 1. The van der Waals surface area contributed by atoms with Crippen LogP contribution in [0.2, 0.25) is 5.02 Å². The van der Waals surface area contributed by atoms with Crippen LogP contribution in [0.5, 0.6) is 5.75 Å². The first kappa shape index (κ1) is 14.7. The standard InChI is InChI=1S/C14H16ClNO4/c1-9(20-12-4-2-3-11(15)6-12)14(19)16-7-10(8-16)5-13(17)18/h2-4,6,9-10H,5,7-8H2,1H3,(H,17,18). The van der Waals surface area contributed by atoms with Gasteiger partial charge in [0, 0.05) is 24.0 Å². The number of likely N-dealkylation sites (tertiary alicyclic amines) is 1. The predicted molar refractivity (Wildman–Crippen MR) is 73.9 cm³/mol. The Hall–Kier alpha value is -1.75. The molecular formula is C14H16ClNO4. The van der Waals surface area contributed by atoms with Gasteiger partial charge in [-0.1, -0.05) is 17.7 Å². The van der Waals surface area contributed by atoms with Crippen LogP contribution < -0.4 is 4.74 Å². The highest BCUT2D eigenvalue weighted by molar-refractivity contribution is 6.30. The maximum absolute atomic E-state index is 12.1. The summed E-state index contributed by atoms with van der Waals surface area (Å²) in [5, 5.41) is 9.21. The molecule has 1 aromatic rings. The lowest BCUT2D eigenvalue weighted by molar-refractivity contribution is -0.149. The van der Waals surface area contributed by atoms with E-state index in [1.54, 1.807) is 36.1 Å². The summed E-state index contributed by atoms with van der Waals surface area (Å²) in [5.74, 6) is -0.368. The Balaban J connectivity index is 1.83. The number of nitrogens with zero attached hydrogens (tertiary/aromatic N) is 1. The molecule has 1 unspecified atom stereocenters. The van der Waals surface area contributed by atoms with E-state index in [1.807, 2.05) is 0 Å². The van der Waals surface area contributed by atoms with E-state index in [1.165, 1.54) is 0 Å². The fraction of sp³-hybridized carbons (Fsp3) is 0.429. The normalized spacial score (nSPS) is 16.4. The van der Waals surface area contributed by atoms with Crippen molar-refractivity contribution in [3.05, 3.63) is 29.3 Å². The zero-order chi connectivity index (χ0) is 14.7. The summed E-state index contributed by atoms with van der Waals surface area (Å²) >= 11 is 5.85. The van der Waals surface area contributed by atoms with E-state index in [2.05, 4.69) is 0 Å². The van der Waals surface area contributed by atoms with E-state index in [0.29, 0.717) is 23.9 Å². The number of benzene rings is 1. The van der Waals surface area contributed by atoms with Crippen LogP contribution in [0.3, 0.4) is 0 Å². The molecule has 0 bridgehead atoms. The van der Waals surface area contributed by atoms with Gasteiger partial charge in [0.15, 0.2) is 6.10 Å². The summed E-state index contributed by atoms with van der Waals surface area (Å²) < 4.78 is 5.54. The van der Waals surface area contributed by atoms with E-state index in [9.17, 15) is 9.59 Å². The van der Waals surface area contributed by atoms with Crippen LogP contribution in [0.4, 0.5) is 0 Å². The minimum Gasteiger partial charge on any atom is -0.481 e. The first-order chi connectivity index (χ1) is 9.45. The fourth-order valence-electron chi connectivity index (χ4n) is 2.18. The molecule has 1 heterocycles. The van der Waals surface area contributed by atoms with Crippen molar-refractivity contribution in [1.82, 2.24) is 4.90 Å². The van der Waals surface area contributed by atoms with Crippen LogP contribution in [0.1, 0.15) is 13.3 Å². The first-order valence-electron chi connectivity index (χ1n) is 6.38. The number of carbonyl (C=O) groups is 2. The molecule has 20 heavy (non-hydrogen) atoms. The van der Waals surface area contributed by atoms with Crippen LogP contribution in [0, 0.1) is 5.92 Å². The Bertz CT molecular complexity index is 514. The molecule has 0 saturated carbocycles. The second-order valence-corrected chi connectivity index (χ2v) is 5.36. The van der Waals surface area contributed by atoms with E-state index in [-0.39, 0.29) is 18.2 Å². The maximum Gasteiger partial charge on any atom is 0.303 e. The molecule has 0 spiro atoms. The topological polar surface area (TPSA) is 66.8 Å². The summed E-state index contributed by atoms with van der Waals surface area (Å²) in [4.78, 5) is 24.2. The Labute approximate surface area is 122 Å². The molecule has 1 amide bonds. The molecule has 1 aliphatic heterocycles. The van der Waals surface area contributed by atoms with Crippen LogP contribution in [0.15, 0.2) is 24.3 Å². The molecule has 2 rings (SSSR count). The predicted octanol–water partition coefficient (Wildman–Crippen LogP) is 2.04. The highest BCUT2D eigenvalue weighted by Crippen LogP contribution is 2.22. The largest absolute Gasteiger partial charge is 0.481 e. The molecule has 1 aromatic carbocycles. The summed E-state index contributed by atoms with van der Waals surface area (Å²) in [5.41, 5.74) is 0. The van der Waals surface area contributed by atoms with Gasteiger partial charge < -0.3 is 14.7 Å². The number of aliphatic carboxylic acids is 1.